The molecule has 6 heteroatoms. The number of aromatic nitrogens is 2. The van der Waals surface area contributed by atoms with E-state index in [-0.39, 0.29) is 17.3 Å². The van der Waals surface area contributed by atoms with Crippen molar-refractivity contribution < 1.29 is 9.59 Å². The van der Waals surface area contributed by atoms with Crippen LogP contribution in [0.2, 0.25) is 0 Å². The Morgan fingerprint density at radius 1 is 1.25 bits per heavy atom. The summed E-state index contributed by atoms with van der Waals surface area (Å²) in [5.41, 5.74) is 1.85. The van der Waals surface area contributed by atoms with Crippen LogP contribution in [0, 0.1) is 0 Å². The lowest BCUT2D eigenvalue weighted by Crippen LogP contribution is -2.27. The highest BCUT2D eigenvalue weighted by Crippen LogP contribution is 2.20. The molecule has 124 valence electrons. The van der Waals surface area contributed by atoms with Gasteiger partial charge in [-0.25, -0.2) is 9.97 Å². The largest absolute Gasteiger partial charge is 0.373 e. The van der Waals surface area contributed by atoms with Gasteiger partial charge in [0, 0.05) is 19.0 Å². The third-order valence-electron chi connectivity index (χ3n) is 3.47. The first-order valence-electron chi connectivity index (χ1n) is 7.60. The van der Waals surface area contributed by atoms with E-state index in [2.05, 4.69) is 20.6 Å². The normalized spacial score (nSPS) is 11.7. The number of allylic oxidation sites excluding steroid dienone is 3. The number of amides is 1. The van der Waals surface area contributed by atoms with Gasteiger partial charge in [0.2, 0.25) is 0 Å². The van der Waals surface area contributed by atoms with Crippen LogP contribution in [0.25, 0.3) is 10.9 Å². The standard InChI is InChI=1S/C18H20N4O2/c1-4-5-6-14(12(2)23)18(24)20-10-13-7-8-16-15(9-13)17(19-3)22-11-21-16/h4-9,11H,10H2,1-3H3,(H,20,24)(H,19,21,22)/b5-4-,14-6+. The molecule has 0 unspecified atom stereocenters. The molecule has 0 aliphatic rings. The molecule has 24 heavy (non-hydrogen) atoms. The van der Waals surface area contributed by atoms with Gasteiger partial charge in [-0.15, -0.1) is 0 Å². The zero-order chi connectivity index (χ0) is 17.5. The Hall–Kier alpha value is -3.02. The average Bonchev–Trinajstić information content (AvgIpc) is 2.59. The van der Waals surface area contributed by atoms with Gasteiger partial charge in [-0.3, -0.25) is 9.59 Å². The maximum atomic E-state index is 12.2. The summed E-state index contributed by atoms with van der Waals surface area (Å²) in [7, 11) is 1.79. The van der Waals surface area contributed by atoms with E-state index in [9.17, 15) is 9.59 Å². The van der Waals surface area contributed by atoms with E-state index < -0.39 is 0 Å². The van der Waals surface area contributed by atoms with Crippen molar-refractivity contribution in [2.75, 3.05) is 12.4 Å². The quantitative estimate of drug-likeness (QED) is 0.369. The zero-order valence-electron chi connectivity index (χ0n) is 14.0. The summed E-state index contributed by atoms with van der Waals surface area (Å²) in [4.78, 5) is 32.1. The fraction of sp³-hybridized carbons (Fsp3) is 0.222. The van der Waals surface area contributed by atoms with Crippen LogP contribution in [0.3, 0.4) is 0 Å². The molecule has 0 radical (unpaired) electrons. The number of carbonyl (C=O) groups is 2. The number of benzene rings is 1. The summed E-state index contributed by atoms with van der Waals surface area (Å²) < 4.78 is 0. The van der Waals surface area contributed by atoms with Gasteiger partial charge < -0.3 is 10.6 Å². The summed E-state index contributed by atoms with van der Waals surface area (Å²) in [5, 5.41) is 6.66. The van der Waals surface area contributed by atoms with E-state index in [1.54, 1.807) is 19.2 Å². The van der Waals surface area contributed by atoms with E-state index in [0.29, 0.717) is 6.54 Å². The molecule has 1 aromatic heterocycles. The molecule has 0 bridgehead atoms. The minimum atomic E-state index is -0.390. The first-order valence-corrected chi connectivity index (χ1v) is 7.60. The maximum absolute atomic E-state index is 12.2. The molecule has 2 N–H and O–H groups in total. The third-order valence-corrected chi connectivity index (χ3v) is 3.47. The van der Waals surface area contributed by atoms with Crippen molar-refractivity contribution in [2.45, 2.75) is 20.4 Å². The van der Waals surface area contributed by atoms with Crippen molar-refractivity contribution in [1.29, 1.82) is 0 Å². The summed E-state index contributed by atoms with van der Waals surface area (Å²) in [5.74, 6) is 0.0689. The monoisotopic (exact) mass is 324 g/mol. The number of Topliss-reactive ketones (excluding diaryl/α,β-unsaturated/α-hetero) is 1. The lowest BCUT2D eigenvalue weighted by atomic mass is 10.1. The molecule has 1 heterocycles. The minimum absolute atomic E-state index is 0.133. The fourth-order valence-electron chi connectivity index (χ4n) is 2.24. The Balaban J connectivity index is 2.18. The predicted octanol–water partition coefficient (Wildman–Crippen LogP) is 2.38. The highest BCUT2D eigenvalue weighted by molar-refractivity contribution is 6.18. The van der Waals surface area contributed by atoms with Crippen molar-refractivity contribution in [3.8, 4) is 0 Å². The molecule has 0 aliphatic heterocycles. The number of hydrogen-bond acceptors (Lipinski definition) is 5. The Bertz CT molecular complexity index is 825. The van der Waals surface area contributed by atoms with Crippen LogP contribution in [-0.2, 0) is 16.1 Å². The van der Waals surface area contributed by atoms with Crippen LogP contribution < -0.4 is 10.6 Å². The molecule has 2 rings (SSSR count). The summed E-state index contributed by atoms with van der Waals surface area (Å²) in [6, 6.07) is 5.68. The molecule has 2 aromatic rings. The van der Waals surface area contributed by atoms with Crippen LogP contribution in [0.15, 0.2) is 48.3 Å². The SMILES string of the molecule is C/C=C\C=C(/C(C)=O)C(=O)NCc1ccc2ncnc(NC)c2c1. The molecule has 0 saturated carbocycles. The lowest BCUT2D eigenvalue weighted by Gasteiger charge is -2.09. The highest BCUT2D eigenvalue weighted by Gasteiger charge is 2.13. The number of nitrogens with one attached hydrogen (secondary N) is 2. The third kappa shape index (κ3) is 4.04. The molecule has 0 atom stereocenters. The van der Waals surface area contributed by atoms with Gasteiger partial charge in [-0.2, -0.15) is 0 Å². The van der Waals surface area contributed by atoms with E-state index >= 15 is 0 Å². The summed E-state index contributed by atoms with van der Waals surface area (Å²) in [6.45, 7) is 3.51. The molecule has 6 nitrogen and oxygen atoms in total. The van der Waals surface area contributed by atoms with Crippen LogP contribution in [0.5, 0.6) is 0 Å². The molecule has 0 fully saturated rings. The van der Waals surface area contributed by atoms with Gasteiger partial charge in [0.25, 0.3) is 5.91 Å². The zero-order valence-corrected chi connectivity index (χ0v) is 14.0. The van der Waals surface area contributed by atoms with Crippen LogP contribution in [-0.4, -0.2) is 28.7 Å². The van der Waals surface area contributed by atoms with Crippen molar-refractivity contribution in [3.63, 3.8) is 0 Å². The Morgan fingerprint density at radius 2 is 2.04 bits per heavy atom. The summed E-state index contributed by atoms with van der Waals surface area (Å²) >= 11 is 0. The number of fused-ring (bicyclic) bond motifs is 1. The lowest BCUT2D eigenvalue weighted by molar-refractivity contribution is -0.121. The van der Waals surface area contributed by atoms with Gasteiger partial charge in [0.15, 0.2) is 5.78 Å². The Kier molecular flexibility index (Phi) is 5.78. The molecule has 0 aliphatic carbocycles. The van der Waals surface area contributed by atoms with Gasteiger partial charge >= 0.3 is 0 Å². The topological polar surface area (TPSA) is 84.0 Å². The molecular weight excluding hydrogens is 304 g/mol. The number of rotatable bonds is 6. The fourth-order valence-corrected chi connectivity index (χ4v) is 2.24. The number of carbonyl (C=O) groups excluding carboxylic acids is 2. The van der Waals surface area contributed by atoms with Crippen LogP contribution >= 0.6 is 0 Å². The molecule has 1 amide bonds. The van der Waals surface area contributed by atoms with Crippen molar-refractivity contribution in [3.05, 3.63) is 53.9 Å². The molecule has 0 saturated heterocycles. The first kappa shape index (κ1) is 17.3. The van der Waals surface area contributed by atoms with E-state index in [4.69, 9.17) is 0 Å². The highest BCUT2D eigenvalue weighted by atomic mass is 16.2. The molecular formula is C18H20N4O2. The molecule has 0 spiro atoms. The van der Waals surface area contributed by atoms with Gasteiger partial charge in [-0.05, 0) is 37.6 Å². The van der Waals surface area contributed by atoms with Gasteiger partial charge in [-0.1, -0.05) is 18.2 Å². The predicted molar refractivity (Wildman–Crippen MR) is 94.5 cm³/mol. The van der Waals surface area contributed by atoms with Crippen molar-refractivity contribution in [1.82, 2.24) is 15.3 Å². The van der Waals surface area contributed by atoms with E-state index in [1.165, 1.54) is 19.3 Å². The van der Waals surface area contributed by atoms with E-state index in [0.717, 1.165) is 22.3 Å². The summed E-state index contributed by atoms with van der Waals surface area (Å²) in [6.07, 6.45) is 6.45. The van der Waals surface area contributed by atoms with Gasteiger partial charge in [0.05, 0.1) is 11.1 Å². The Labute approximate surface area is 140 Å². The minimum Gasteiger partial charge on any atom is -0.373 e. The molecule has 1 aromatic carbocycles. The number of hydrogen-bond donors (Lipinski definition) is 2. The van der Waals surface area contributed by atoms with E-state index in [1.807, 2.05) is 25.1 Å². The van der Waals surface area contributed by atoms with Crippen LogP contribution in [0.1, 0.15) is 19.4 Å². The number of nitrogens with zero attached hydrogens (tertiary/aromatic N) is 2. The average molecular weight is 324 g/mol. The number of ketones is 1. The van der Waals surface area contributed by atoms with Crippen molar-refractivity contribution in [2.24, 2.45) is 0 Å². The number of anilines is 1. The second-order valence-electron chi connectivity index (χ2n) is 5.17. The van der Waals surface area contributed by atoms with Gasteiger partial charge in [0.1, 0.15) is 12.1 Å². The maximum Gasteiger partial charge on any atom is 0.255 e. The van der Waals surface area contributed by atoms with Crippen molar-refractivity contribution >= 4 is 28.4 Å². The Morgan fingerprint density at radius 3 is 2.71 bits per heavy atom. The van der Waals surface area contributed by atoms with Crippen LogP contribution in [0.4, 0.5) is 5.82 Å². The second kappa shape index (κ2) is 8.01. The second-order valence-corrected chi connectivity index (χ2v) is 5.17. The smallest absolute Gasteiger partial charge is 0.255 e. The first-order chi connectivity index (χ1) is 11.6.